The number of hydrogen-bond acceptors (Lipinski definition) is 4. The van der Waals surface area contributed by atoms with Crippen LogP contribution in [-0.4, -0.2) is 23.1 Å². The largest absolute Gasteiger partial charge is 0.370 e. The Bertz CT molecular complexity index is 454. The van der Waals surface area contributed by atoms with E-state index >= 15 is 0 Å². The van der Waals surface area contributed by atoms with Gasteiger partial charge in [0.05, 0.1) is 0 Å². The summed E-state index contributed by atoms with van der Waals surface area (Å²) in [5.41, 5.74) is 0.504. The molecule has 1 unspecified atom stereocenters. The zero-order valence-electron chi connectivity index (χ0n) is 13.5. The Morgan fingerprint density at radius 3 is 2.35 bits per heavy atom. The van der Waals surface area contributed by atoms with Gasteiger partial charge in [0.1, 0.15) is 17.5 Å². The first-order valence-corrected chi connectivity index (χ1v) is 7.79. The van der Waals surface area contributed by atoms with Crippen molar-refractivity contribution < 1.29 is 0 Å². The standard InChI is InChI=1S/C16H28N4/c1-6-7-17-13-8-14(20-15(19-13)11(2)3)18-10-12-9-16(12,4)5/h8,11-12H,6-7,9-10H2,1-5H3,(H2,17,18,19,20). The summed E-state index contributed by atoms with van der Waals surface area (Å²) in [6.45, 7) is 13.0. The molecule has 0 radical (unpaired) electrons. The molecule has 1 fully saturated rings. The van der Waals surface area contributed by atoms with Crippen LogP contribution in [0.15, 0.2) is 6.07 Å². The van der Waals surface area contributed by atoms with Gasteiger partial charge < -0.3 is 10.6 Å². The predicted molar refractivity (Wildman–Crippen MR) is 85.3 cm³/mol. The molecule has 0 saturated heterocycles. The minimum absolute atomic E-state index is 0.344. The van der Waals surface area contributed by atoms with E-state index in [1.165, 1.54) is 6.42 Å². The molecule has 0 bridgehead atoms. The molecular weight excluding hydrogens is 248 g/mol. The van der Waals surface area contributed by atoms with Gasteiger partial charge in [-0.25, -0.2) is 9.97 Å². The predicted octanol–water partition coefficient (Wildman–Crippen LogP) is 3.88. The van der Waals surface area contributed by atoms with Crippen molar-refractivity contribution in [2.45, 2.75) is 53.4 Å². The van der Waals surface area contributed by atoms with Crippen LogP contribution < -0.4 is 10.6 Å². The van der Waals surface area contributed by atoms with Crippen molar-refractivity contribution in [3.8, 4) is 0 Å². The monoisotopic (exact) mass is 276 g/mol. The smallest absolute Gasteiger partial charge is 0.135 e. The van der Waals surface area contributed by atoms with Crippen molar-refractivity contribution in [3.63, 3.8) is 0 Å². The third-order valence-corrected chi connectivity index (χ3v) is 4.06. The lowest BCUT2D eigenvalue weighted by Gasteiger charge is -2.13. The lowest BCUT2D eigenvalue weighted by atomic mass is 10.1. The summed E-state index contributed by atoms with van der Waals surface area (Å²) in [7, 11) is 0. The average Bonchev–Trinajstić information content (AvgIpc) is 3.01. The molecule has 2 N–H and O–H groups in total. The summed E-state index contributed by atoms with van der Waals surface area (Å²) < 4.78 is 0. The Balaban J connectivity index is 2.04. The highest BCUT2D eigenvalue weighted by molar-refractivity contribution is 5.48. The fraction of sp³-hybridized carbons (Fsp3) is 0.750. The number of nitrogens with zero attached hydrogens (tertiary/aromatic N) is 2. The number of nitrogens with one attached hydrogen (secondary N) is 2. The van der Waals surface area contributed by atoms with E-state index < -0.39 is 0 Å². The van der Waals surface area contributed by atoms with Gasteiger partial charge in [-0.1, -0.05) is 34.6 Å². The Kier molecular flexibility index (Phi) is 4.51. The first kappa shape index (κ1) is 15.1. The van der Waals surface area contributed by atoms with Crippen LogP contribution >= 0.6 is 0 Å². The molecule has 4 heteroatoms. The summed E-state index contributed by atoms with van der Waals surface area (Å²) in [4.78, 5) is 9.21. The Morgan fingerprint density at radius 1 is 1.25 bits per heavy atom. The zero-order valence-corrected chi connectivity index (χ0v) is 13.5. The van der Waals surface area contributed by atoms with E-state index in [-0.39, 0.29) is 0 Å². The van der Waals surface area contributed by atoms with E-state index in [2.05, 4.69) is 55.2 Å². The van der Waals surface area contributed by atoms with Gasteiger partial charge in [-0.3, -0.25) is 0 Å². The average molecular weight is 276 g/mol. The van der Waals surface area contributed by atoms with Crippen LogP contribution in [0.1, 0.15) is 59.2 Å². The lowest BCUT2D eigenvalue weighted by molar-refractivity contribution is 0.572. The van der Waals surface area contributed by atoms with Crippen molar-refractivity contribution in [2.24, 2.45) is 11.3 Å². The Hall–Kier alpha value is -1.32. The van der Waals surface area contributed by atoms with Gasteiger partial charge in [-0.05, 0) is 24.2 Å². The molecule has 0 aliphatic heterocycles. The second kappa shape index (κ2) is 5.98. The van der Waals surface area contributed by atoms with Gasteiger partial charge in [0.2, 0.25) is 0 Å². The molecule has 1 aliphatic carbocycles. The van der Waals surface area contributed by atoms with Crippen LogP contribution in [-0.2, 0) is 0 Å². The van der Waals surface area contributed by atoms with E-state index in [4.69, 9.17) is 0 Å². The van der Waals surface area contributed by atoms with Gasteiger partial charge in [0.15, 0.2) is 0 Å². The Morgan fingerprint density at radius 2 is 1.85 bits per heavy atom. The molecule has 4 nitrogen and oxygen atoms in total. The summed E-state index contributed by atoms with van der Waals surface area (Å²) >= 11 is 0. The SMILES string of the molecule is CCCNc1cc(NCC2CC2(C)C)nc(C(C)C)n1. The lowest BCUT2D eigenvalue weighted by Crippen LogP contribution is -2.12. The van der Waals surface area contributed by atoms with Gasteiger partial charge in [0, 0.05) is 25.1 Å². The molecule has 1 aromatic heterocycles. The maximum Gasteiger partial charge on any atom is 0.135 e. The first-order chi connectivity index (χ1) is 9.42. The van der Waals surface area contributed by atoms with Crippen LogP contribution in [0.5, 0.6) is 0 Å². The maximum absolute atomic E-state index is 4.63. The highest BCUT2D eigenvalue weighted by Crippen LogP contribution is 2.51. The second-order valence-corrected chi connectivity index (χ2v) is 6.85. The van der Waals surface area contributed by atoms with Crippen molar-refractivity contribution in [2.75, 3.05) is 23.7 Å². The molecular formula is C16H28N4. The minimum atomic E-state index is 0.344. The fourth-order valence-corrected chi connectivity index (χ4v) is 2.31. The van der Waals surface area contributed by atoms with Gasteiger partial charge >= 0.3 is 0 Å². The molecule has 112 valence electrons. The Labute approximate surface area is 122 Å². The number of rotatable bonds is 7. The summed E-state index contributed by atoms with van der Waals surface area (Å²) in [6.07, 6.45) is 2.41. The van der Waals surface area contributed by atoms with Crippen molar-refractivity contribution in [1.29, 1.82) is 0 Å². The van der Waals surface area contributed by atoms with Crippen LogP contribution in [0.3, 0.4) is 0 Å². The molecule has 1 atom stereocenters. The van der Waals surface area contributed by atoms with Gasteiger partial charge in [0.25, 0.3) is 0 Å². The van der Waals surface area contributed by atoms with E-state index in [1.54, 1.807) is 0 Å². The van der Waals surface area contributed by atoms with Crippen molar-refractivity contribution >= 4 is 11.6 Å². The van der Waals surface area contributed by atoms with E-state index in [9.17, 15) is 0 Å². The van der Waals surface area contributed by atoms with Gasteiger partial charge in [-0.2, -0.15) is 0 Å². The number of anilines is 2. The topological polar surface area (TPSA) is 49.8 Å². The van der Waals surface area contributed by atoms with Crippen LogP contribution in [0, 0.1) is 11.3 Å². The highest BCUT2D eigenvalue weighted by atomic mass is 15.1. The van der Waals surface area contributed by atoms with Crippen LogP contribution in [0.4, 0.5) is 11.6 Å². The molecule has 1 aromatic rings. The molecule has 20 heavy (non-hydrogen) atoms. The molecule has 0 amide bonds. The van der Waals surface area contributed by atoms with E-state index in [0.717, 1.165) is 42.9 Å². The summed E-state index contributed by atoms with van der Waals surface area (Å²) in [5, 5.41) is 6.84. The summed E-state index contributed by atoms with van der Waals surface area (Å²) in [5.74, 6) is 3.90. The quantitative estimate of drug-likeness (QED) is 0.793. The van der Waals surface area contributed by atoms with Gasteiger partial charge in [-0.15, -0.1) is 0 Å². The molecule has 2 rings (SSSR count). The number of hydrogen-bond donors (Lipinski definition) is 2. The highest BCUT2D eigenvalue weighted by Gasteiger charge is 2.44. The van der Waals surface area contributed by atoms with Crippen LogP contribution in [0.25, 0.3) is 0 Å². The molecule has 0 spiro atoms. The molecule has 1 aliphatic rings. The molecule has 1 saturated carbocycles. The van der Waals surface area contributed by atoms with Crippen molar-refractivity contribution in [1.82, 2.24) is 9.97 Å². The summed E-state index contributed by atoms with van der Waals surface area (Å²) in [6, 6.07) is 2.02. The van der Waals surface area contributed by atoms with Crippen molar-refractivity contribution in [3.05, 3.63) is 11.9 Å². The third kappa shape index (κ3) is 3.84. The van der Waals surface area contributed by atoms with E-state index in [1.807, 2.05) is 6.07 Å². The maximum atomic E-state index is 4.63. The third-order valence-electron chi connectivity index (χ3n) is 4.06. The van der Waals surface area contributed by atoms with E-state index in [0.29, 0.717) is 11.3 Å². The normalized spacial score (nSPS) is 20.0. The first-order valence-electron chi connectivity index (χ1n) is 7.79. The fourth-order valence-electron chi connectivity index (χ4n) is 2.31. The second-order valence-electron chi connectivity index (χ2n) is 6.85. The minimum Gasteiger partial charge on any atom is -0.370 e. The van der Waals surface area contributed by atoms with Crippen LogP contribution in [0.2, 0.25) is 0 Å². The molecule has 1 heterocycles. The zero-order chi connectivity index (χ0) is 14.8. The number of aromatic nitrogens is 2. The molecule has 0 aromatic carbocycles.